The van der Waals surface area contributed by atoms with E-state index in [4.69, 9.17) is 9.47 Å². The number of hydrogen-bond acceptors (Lipinski definition) is 8. The van der Waals surface area contributed by atoms with Crippen molar-refractivity contribution in [3.63, 3.8) is 0 Å². The molecule has 0 bridgehead atoms. The Kier molecular flexibility index (Phi) is 12.0. The molecule has 2 aliphatic heterocycles. The van der Waals surface area contributed by atoms with Gasteiger partial charge in [-0.3, -0.25) is 14.5 Å². The fraction of sp³-hybridized carbons (Fsp3) is 0.576. The number of sulfonamides is 1. The predicted octanol–water partition coefficient (Wildman–Crippen LogP) is 1.92. The van der Waals surface area contributed by atoms with Crippen LogP contribution in [0.1, 0.15) is 29.5 Å². The molecule has 2 saturated heterocycles. The number of nitrogens with zero attached hydrogens (tertiary/aromatic N) is 4. The van der Waals surface area contributed by atoms with E-state index in [0.29, 0.717) is 42.9 Å². The van der Waals surface area contributed by atoms with Crippen molar-refractivity contribution in [3.05, 3.63) is 59.2 Å². The van der Waals surface area contributed by atoms with Crippen molar-refractivity contribution in [2.24, 2.45) is 0 Å². The van der Waals surface area contributed by atoms with Gasteiger partial charge in [-0.15, -0.1) is 0 Å². The van der Waals surface area contributed by atoms with Crippen LogP contribution < -0.4 is 10.1 Å². The van der Waals surface area contributed by atoms with Crippen molar-refractivity contribution >= 4 is 21.8 Å². The number of piperidine rings is 1. The topological polar surface area (TPSA) is 112 Å². The first-order chi connectivity index (χ1) is 21.4. The third kappa shape index (κ3) is 8.82. The summed E-state index contributed by atoms with van der Waals surface area (Å²) in [6.45, 7) is 9.11. The quantitative estimate of drug-likeness (QED) is 0.330. The standard InChI is InChI=1S/C33H49N5O6S/c1-26-21-29(43-5)22-27(2)32(26)45(41,42)36(4)19-20-44-24-31(40)37-13-11-33(12-14-37,38-17-15-35(3)16-18-38)25-34-30(39)23-28-9-7-6-8-10-28/h6-10,21-22H,11-20,23-25H2,1-5H3,(H,34,39). The van der Waals surface area contributed by atoms with E-state index in [-0.39, 0.29) is 42.0 Å². The van der Waals surface area contributed by atoms with Gasteiger partial charge >= 0.3 is 0 Å². The van der Waals surface area contributed by atoms with Gasteiger partial charge in [0.2, 0.25) is 21.8 Å². The van der Waals surface area contributed by atoms with Crippen molar-refractivity contribution in [2.75, 3.05) is 86.8 Å². The maximum atomic E-state index is 13.3. The number of likely N-dealkylation sites (N-methyl/N-ethyl adjacent to an activating group) is 2. The largest absolute Gasteiger partial charge is 0.497 e. The maximum Gasteiger partial charge on any atom is 0.248 e. The molecule has 0 unspecified atom stereocenters. The molecule has 4 rings (SSSR count). The van der Waals surface area contributed by atoms with E-state index in [1.54, 1.807) is 33.1 Å². The van der Waals surface area contributed by atoms with E-state index in [9.17, 15) is 18.0 Å². The molecule has 2 aliphatic rings. The predicted molar refractivity (Wildman–Crippen MR) is 174 cm³/mol. The van der Waals surface area contributed by atoms with E-state index in [2.05, 4.69) is 22.2 Å². The number of carbonyl (C=O) groups excluding carboxylic acids is 2. The van der Waals surface area contributed by atoms with Crippen molar-refractivity contribution in [1.82, 2.24) is 24.3 Å². The zero-order valence-corrected chi connectivity index (χ0v) is 28.2. The normalized spacial score (nSPS) is 17.8. The van der Waals surface area contributed by atoms with Gasteiger partial charge < -0.3 is 24.6 Å². The third-order valence-corrected chi connectivity index (χ3v) is 11.3. The van der Waals surface area contributed by atoms with Crippen LogP contribution >= 0.6 is 0 Å². The second-order valence-corrected chi connectivity index (χ2v) is 14.3. The van der Waals surface area contributed by atoms with Gasteiger partial charge in [-0.25, -0.2) is 8.42 Å². The summed E-state index contributed by atoms with van der Waals surface area (Å²) < 4.78 is 38.7. The first-order valence-electron chi connectivity index (χ1n) is 15.7. The van der Waals surface area contributed by atoms with E-state index >= 15 is 0 Å². The Balaban J connectivity index is 1.28. The van der Waals surface area contributed by atoms with Gasteiger partial charge in [0.15, 0.2) is 0 Å². The maximum absolute atomic E-state index is 13.3. The molecule has 45 heavy (non-hydrogen) atoms. The minimum Gasteiger partial charge on any atom is -0.497 e. The number of nitrogens with one attached hydrogen (secondary N) is 1. The van der Waals surface area contributed by atoms with Crippen LogP contribution in [0.3, 0.4) is 0 Å². The smallest absolute Gasteiger partial charge is 0.248 e. The fourth-order valence-electron chi connectivity index (χ4n) is 6.32. The number of carbonyl (C=O) groups is 2. The average molecular weight is 644 g/mol. The number of ether oxygens (including phenoxy) is 2. The molecule has 248 valence electrons. The summed E-state index contributed by atoms with van der Waals surface area (Å²) in [5.74, 6) is 0.507. The highest BCUT2D eigenvalue weighted by Crippen LogP contribution is 2.30. The molecule has 2 fully saturated rings. The van der Waals surface area contributed by atoms with E-state index in [0.717, 1.165) is 44.6 Å². The molecule has 0 radical (unpaired) electrons. The molecule has 0 aliphatic carbocycles. The van der Waals surface area contributed by atoms with Crippen LogP contribution in [0.4, 0.5) is 0 Å². The number of methoxy groups -OCH3 is 1. The molecule has 1 N–H and O–H groups in total. The summed E-state index contributed by atoms with van der Waals surface area (Å²) in [6.07, 6.45) is 1.86. The second kappa shape index (κ2) is 15.5. The van der Waals surface area contributed by atoms with E-state index in [1.807, 2.05) is 35.2 Å². The van der Waals surface area contributed by atoms with Gasteiger partial charge in [-0.2, -0.15) is 4.31 Å². The van der Waals surface area contributed by atoms with E-state index in [1.165, 1.54) is 11.4 Å². The van der Waals surface area contributed by atoms with Crippen LogP contribution in [0.15, 0.2) is 47.4 Å². The summed E-state index contributed by atoms with van der Waals surface area (Å²) >= 11 is 0. The number of hydrogen-bond donors (Lipinski definition) is 1. The Bertz CT molecular complexity index is 1380. The van der Waals surface area contributed by atoms with Gasteiger partial charge in [-0.1, -0.05) is 30.3 Å². The van der Waals surface area contributed by atoms with Crippen LogP contribution in [0, 0.1) is 13.8 Å². The summed E-state index contributed by atoms with van der Waals surface area (Å²) in [6, 6.07) is 13.2. The highest BCUT2D eigenvalue weighted by Gasteiger charge is 2.42. The first kappa shape index (κ1) is 34.8. The Morgan fingerprint density at radius 2 is 1.60 bits per heavy atom. The number of benzene rings is 2. The van der Waals surface area contributed by atoms with Crippen molar-refractivity contribution in [3.8, 4) is 5.75 Å². The Morgan fingerprint density at radius 1 is 0.978 bits per heavy atom. The molecule has 0 aromatic heterocycles. The Hall–Kier alpha value is -3.03. The first-order valence-corrected chi connectivity index (χ1v) is 17.1. The lowest BCUT2D eigenvalue weighted by atomic mass is 9.84. The number of likely N-dealkylation sites (tertiary alicyclic amines) is 1. The van der Waals surface area contributed by atoms with Crippen LogP contribution in [0.5, 0.6) is 5.75 Å². The molecular weight excluding hydrogens is 594 g/mol. The molecule has 0 spiro atoms. The van der Waals surface area contributed by atoms with Gasteiger partial charge in [0.25, 0.3) is 0 Å². The number of amides is 2. The van der Waals surface area contributed by atoms with E-state index < -0.39 is 10.0 Å². The summed E-state index contributed by atoms with van der Waals surface area (Å²) in [5, 5.41) is 3.20. The zero-order valence-electron chi connectivity index (χ0n) is 27.4. The minimum absolute atomic E-state index is 0.00547. The molecule has 2 aromatic rings. The Labute approximate surface area is 268 Å². The van der Waals surface area contributed by atoms with Crippen molar-refractivity contribution < 1.29 is 27.5 Å². The molecule has 2 heterocycles. The molecule has 12 heteroatoms. The van der Waals surface area contributed by atoms with Gasteiger partial charge in [0.05, 0.1) is 25.0 Å². The zero-order chi connectivity index (χ0) is 32.6. The Morgan fingerprint density at radius 3 is 2.20 bits per heavy atom. The summed E-state index contributed by atoms with van der Waals surface area (Å²) in [7, 11) is 1.46. The van der Waals surface area contributed by atoms with Gasteiger partial charge in [-0.05, 0) is 62.6 Å². The highest BCUT2D eigenvalue weighted by molar-refractivity contribution is 7.89. The van der Waals surface area contributed by atoms with Crippen LogP contribution in [0.25, 0.3) is 0 Å². The molecular formula is C33H49N5O6S. The van der Waals surface area contributed by atoms with Gasteiger partial charge in [0, 0.05) is 64.9 Å². The van der Waals surface area contributed by atoms with Crippen LogP contribution in [-0.4, -0.2) is 132 Å². The number of rotatable bonds is 13. The monoisotopic (exact) mass is 643 g/mol. The summed E-state index contributed by atoms with van der Waals surface area (Å²) in [4.78, 5) is 32.8. The van der Waals surface area contributed by atoms with Gasteiger partial charge in [0.1, 0.15) is 12.4 Å². The fourth-order valence-corrected chi connectivity index (χ4v) is 7.88. The lowest BCUT2D eigenvalue weighted by molar-refractivity contribution is -0.139. The number of aryl methyl sites for hydroxylation is 2. The average Bonchev–Trinajstić information content (AvgIpc) is 3.02. The second-order valence-electron chi connectivity index (χ2n) is 12.3. The summed E-state index contributed by atoms with van der Waals surface area (Å²) in [5.41, 5.74) is 2.01. The lowest BCUT2D eigenvalue weighted by Crippen LogP contribution is -2.64. The molecule has 2 aromatic carbocycles. The third-order valence-electron chi connectivity index (χ3n) is 9.16. The minimum atomic E-state index is -3.74. The van der Waals surface area contributed by atoms with Crippen LogP contribution in [-0.2, 0) is 30.8 Å². The van der Waals surface area contributed by atoms with Crippen LogP contribution in [0.2, 0.25) is 0 Å². The molecule has 2 amide bonds. The van der Waals surface area contributed by atoms with Crippen molar-refractivity contribution in [1.29, 1.82) is 0 Å². The SMILES string of the molecule is COc1cc(C)c(S(=O)(=O)N(C)CCOCC(=O)N2CCC(CNC(=O)Cc3ccccc3)(N3CCN(C)CC3)CC2)c(C)c1. The lowest BCUT2D eigenvalue weighted by Gasteiger charge is -2.51. The molecule has 0 saturated carbocycles. The molecule has 0 atom stereocenters. The van der Waals surface area contributed by atoms with Crippen molar-refractivity contribution in [2.45, 2.75) is 43.5 Å². The highest BCUT2D eigenvalue weighted by atomic mass is 32.2. The number of piperazine rings is 1. The molecule has 11 nitrogen and oxygen atoms in total.